The highest BCUT2D eigenvalue weighted by Crippen LogP contribution is 2.17. The quantitative estimate of drug-likeness (QED) is 0.744. The Kier molecular flexibility index (Phi) is 2.69. The highest BCUT2D eigenvalue weighted by atomic mass is 16.4. The maximum Gasteiger partial charge on any atom is 0.335 e. The second kappa shape index (κ2) is 3.76. The van der Waals surface area contributed by atoms with Crippen LogP contribution in [0.2, 0.25) is 0 Å². The van der Waals surface area contributed by atoms with Crippen molar-refractivity contribution in [3.63, 3.8) is 0 Å². The average Bonchev–Trinajstić information content (AvgIpc) is 2.08. The summed E-state index contributed by atoms with van der Waals surface area (Å²) in [5.41, 5.74) is 0.537. The van der Waals surface area contributed by atoms with E-state index in [0.717, 1.165) is 0 Å². The van der Waals surface area contributed by atoms with Crippen LogP contribution in [0.4, 0.5) is 0 Å². The van der Waals surface area contributed by atoms with Gasteiger partial charge in [-0.2, -0.15) is 0 Å². The van der Waals surface area contributed by atoms with E-state index in [9.17, 15) is 9.90 Å². The third-order valence-corrected chi connectivity index (χ3v) is 1.60. The molecule has 0 aliphatic heterocycles. The predicted molar refractivity (Wildman–Crippen MR) is 47.6 cm³/mol. The van der Waals surface area contributed by atoms with Gasteiger partial charge in [0.25, 0.3) is 0 Å². The molecule has 0 fully saturated rings. The lowest BCUT2D eigenvalue weighted by Crippen LogP contribution is -1.99. The third kappa shape index (κ3) is 2.08. The molecule has 1 rings (SSSR count). The fourth-order valence-electron chi connectivity index (χ4n) is 0.991. The van der Waals surface area contributed by atoms with Gasteiger partial charge in [0.2, 0.25) is 0 Å². The van der Waals surface area contributed by atoms with Gasteiger partial charge >= 0.3 is 5.97 Å². The van der Waals surface area contributed by atoms with E-state index in [1.54, 1.807) is 19.1 Å². The van der Waals surface area contributed by atoms with Crippen molar-refractivity contribution < 1.29 is 15.0 Å². The zero-order chi connectivity index (χ0) is 9.84. The van der Waals surface area contributed by atoms with Crippen molar-refractivity contribution in [1.29, 1.82) is 0 Å². The zero-order valence-corrected chi connectivity index (χ0v) is 7.15. The van der Waals surface area contributed by atoms with Gasteiger partial charge in [0, 0.05) is 0 Å². The van der Waals surface area contributed by atoms with Crippen LogP contribution >= 0.6 is 0 Å². The molecule has 0 saturated carbocycles. The van der Waals surface area contributed by atoms with Crippen molar-refractivity contribution >= 4 is 12.0 Å². The van der Waals surface area contributed by atoms with Crippen LogP contribution in [0.3, 0.4) is 0 Å². The van der Waals surface area contributed by atoms with Crippen LogP contribution in [0, 0.1) is 0 Å². The summed E-state index contributed by atoms with van der Waals surface area (Å²) in [4.78, 5) is 10.5. The molecular weight excluding hydrogens is 168 g/mol. The monoisotopic (exact) mass is 177 g/mol. The Morgan fingerprint density at radius 2 is 2.23 bits per heavy atom. The predicted octanol–water partition coefficient (Wildman–Crippen LogP) is 1.49. The molecule has 68 valence electrons. The second-order valence-corrected chi connectivity index (χ2v) is 2.56. The van der Waals surface area contributed by atoms with Gasteiger partial charge < -0.3 is 10.2 Å². The molecule has 0 heterocycles. The van der Waals surface area contributed by atoms with Crippen LogP contribution in [0.5, 0.6) is 5.75 Å². The minimum absolute atomic E-state index is 0.132. The molecule has 0 unspecified atom stereocenters. The van der Waals surface area contributed by atoms with Crippen molar-refractivity contribution in [3.8, 4) is 5.75 Å². The summed E-state index contributed by atoms with van der Waals surface area (Å²) < 4.78 is 0. The van der Waals surface area contributed by atoms with Gasteiger partial charge in [-0.1, -0.05) is 18.2 Å². The average molecular weight is 177 g/mol. The summed E-state index contributed by atoms with van der Waals surface area (Å²) in [5, 5.41) is 19.8. The number of carbonyl (C=O) groups is 1. The van der Waals surface area contributed by atoms with Crippen LogP contribution in [0.25, 0.3) is 6.08 Å². The molecule has 3 heteroatoms. The fraction of sp³-hybridized carbons (Fsp3) is 0.100. The lowest BCUT2D eigenvalue weighted by Gasteiger charge is -2.10. The number of carboxylic acid groups (broad SMARTS) is 1. The van der Waals surface area contributed by atoms with Gasteiger partial charge in [0.1, 0.15) is 0 Å². The normalized spacial score (nSPS) is 10.5. The third-order valence-electron chi connectivity index (χ3n) is 1.60. The molecule has 0 amide bonds. The molecule has 1 N–H and O–H groups in total. The van der Waals surface area contributed by atoms with Crippen LogP contribution in [-0.4, -0.2) is 11.1 Å². The van der Waals surface area contributed by atoms with Gasteiger partial charge in [0.15, 0.2) is 0 Å². The molecule has 3 nitrogen and oxygen atoms in total. The van der Waals surface area contributed by atoms with Crippen LogP contribution in [-0.2, 0) is 0 Å². The number of rotatable bonds is 2. The van der Waals surface area contributed by atoms with Gasteiger partial charge in [-0.05, 0) is 24.6 Å². The van der Waals surface area contributed by atoms with Gasteiger partial charge in [-0.15, -0.1) is 5.75 Å². The highest BCUT2D eigenvalue weighted by Gasteiger charge is 2.01. The van der Waals surface area contributed by atoms with E-state index in [0.29, 0.717) is 5.56 Å². The van der Waals surface area contributed by atoms with E-state index in [4.69, 9.17) is 5.11 Å². The molecule has 0 aromatic heterocycles. The Hall–Kier alpha value is -1.77. The van der Waals surface area contributed by atoms with Gasteiger partial charge in [-0.25, -0.2) is 4.79 Å². The topological polar surface area (TPSA) is 60.4 Å². The second-order valence-electron chi connectivity index (χ2n) is 2.56. The van der Waals surface area contributed by atoms with Gasteiger partial charge in [0.05, 0.1) is 5.56 Å². The summed E-state index contributed by atoms with van der Waals surface area (Å²) in [7, 11) is 0. The molecule has 0 saturated heterocycles. The first-order chi connectivity index (χ1) is 6.15. The summed E-state index contributed by atoms with van der Waals surface area (Å²) >= 11 is 0. The number of aromatic carboxylic acids is 1. The van der Waals surface area contributed by atoms with Crippen molar-refractivity contribution in [2.75, 3.05) is 0 Å². The maximum absolute atomic E-state index is 11.1. The highest BCUT2D eigenvalue weighted by molar-refractivity contribution is 5.88. The summed E-state index contributed by atoms with van der Waals surface area (Å²) in [6, 6.07) is 3.93. The standard InChI is InChI=1S/C10H10O3/c1-2-3-7-6-8(10(12)13)4-5-9(7)11/h2-6,11H,1H3,(H,12,13)/p-1/b3-2+. The van der Waals surface area contributed by atoms with E-state index in [1.807, 2.05) is 0 Å². The molecule has 0 spiro atoms. The molecule has 0 bridgehead atoms. The minimum Gasteiger partial charge on any atom is -0.872 e. The number of carboxylic acids is 1. The largest absolute Gasteiger partial charge is 0.872 e. The molecule has 1 aromatic carbocycles. The Morgan fingerprint density at radius 1 is 1.54 bits per heavy atom. The van der Waals surface area contributed by atoms with E-state index >= 15 is 0 Å². The Bertz CT molecular complexity index is 353. The summed E-state index contributed by atoms with van der Waals surface area (Å²) in [6.45, 7) is 1.77. The summed E-state index contributed by atoms with van der Waals surface area (Å²) in [5.74, 6) is -1.19. The minimum atomic E-state index is -1.02. The molecule has 1 aromatic rings. The summed E-state index contributed by atoms with van der Waals surface area (Å²) in [6.07, 6.45) is 3.29. The van der Waals surface area contributed by atoms with Gasteiger partial charge in [-0.3, -0.25) is 0 Å². The van der Waals surface area contributed by atoms with Crippen molar-refractivity contribution in [1.82, 2.24) is 0 Å². The Labute approximate surface area is 76.0 Å². The van der Waals surface area contributed by atoms with E-state index < -0.39 is 5.97 Å². The molecule has 0 radical (unpaired) electrons. The zero-order valence-electron chi connectivity index (χ0n) is 7.15. The van der Waals surface area contributed by atoms with Crippen LogP contribution in [0.1, 0.15) is 22.8 Å². The molecule has 13 heavy (non-hydrogen) atoms. The first kappa shape index (κ1) is 9.32. The maximum atomic E-state index is 11.1. The van der Waals surface area contributed by atoms with Crippen molar-refractivity contribution in [2.45, 2.75) is 6.92 Å². The van der Waals surface area contributed by atoms with E-state index in [-0.39, 0.29) is 11.3 Å². The first-order valence-corrected chi connectivity index (χ1v) is 3.82. The van der Waals surface area contributed by atoms with Crippen molar-refractivity contribution in [3.05, 3.63) is 35.4 Å². The lowest BCUT2D eigenvalue weighted by atomic mass is 10.1. The fourth-order valence-corrected chi connectivity index (χ4v) is 0.991. The van der Waals surface area contributed by atoms with E-state index in [1.165, 1.54) is 18.2 Å². The Morgan fingerprint density at radius 3 is 2.77 bits per heavy atom. The number of hydrogen-bond donors (Lipinski definition) is 1. The van der Waals surface area contributed by atoms with Crippen LogP contribution < -0.4 is 5.11 Å². The SMILES string of the molecule is C/C=C/c1cc(C(=O)O)ccc1[O-]. The number of benzene rings is 1. The molecule has 0 aliphatic carbocycles. The molecular formula is C10H9O3-. The first-order valence-electron chi connectivity index (χ1n) is 3.82. The number of hydrogen-bond acceptors (Lipinski definition) is 2. The smallest absolute Gasteiger partial charge is 0.335 e. The van der Waals surface area contributed by atoms with E-state index in [2.05, 4.69) is 0 Å². The lowest BCUT2D eigenvalue weighted by molar-refractivity contribution is -0.268. The molecule has 0 aliphatic rings. The van der Waals surface area contributed by atoms with Crippen LogP contribution in [0.15, 0.2) is 24.3 Å². The Balaban J connectivity index is 3.18. The molecule has 0 atom stereocenters. The number of allylic oxidation sites excluding steroid dienone is 1. The van der Waals surface area contributed by atoms with Crippen molar-refractivity contribution in [2.24, 2.45) is 0 Å².